The summed E-state index contributed by atoms with van der Waals surface area (Å²) >= 11 is 0. The van der Waals surface area contributed by atoms with E-state index in [1.807, 2.05) is 25.5 Å². The zero-order valence-corrected chi connectivity index (χ0v) is 16.6. The molecule has 0 spiro atoms. The van der Waals surface area contributed by atoms with Crippen molar-refractivity contribution < 1.29 is 0 Å². The molecule has 26 heavy (non-hydrogen) atoms. The van der Waals surface area contributed by atoms with Crippen molar-refractivity contribution in [2.75, 3.05) is 57.8 Å². The Balaban J connectivity index is 1.59. The average molecular weight is 362 g/mol. The fourth-order valence-electron chi connectivity index (χ4n) is 3.17. The minimum atomic E-state index is 0.721. The minimum Gasteiger partial charge on any atom is -0.356 e. The number of hydrogen-bond acceptors (Lipinski definition) is 5. The first-order valence-corrected chi connectivity index (χ1v) is 9.95. The van der Waals surface area contributed by atoms with Gasteiger partial charge in [0.25, 0.3) is 0 Å². The third-order valence-electron chi connectivity index (χ3n) is 5.09. The van der Waals surface area contributed by atoms with Gasteiger partial charge in [-0.15, -0.1) is 0 Å². The van der Waals surface area contributed by atoms with Gasteiger partial charge in [-0.25, -0.2) is 9.97 Å². The van der Waals surface area contributed by atoms with Crippen molar-refractivity contribution >= 4 is 11.9 Å². The van der Waals surface area contributed by atoms with Crippen molar-refractivity contribution in [1.82, 2.24) is 25.5 Å². The van der Waals surface area contributed by atoms with E-state index < -0.39 is 0 Å². The summed E-state index contributed by atoms with van der Waals surface area (Å²) in [6.07, 6.45) is 7.16. The third-order valence-corrected chi connectivity index (χ3v) is 5.09. The van der Waals surface area contributed by atoms with Crippen molar-refractivity contribution in [2.45, 2.75) is 33.1 Å². The number of anilines is 1. The zero-order chi connectivity index (χ0) is 18.6. The fourth-order valence-corrected chi connectivity index (χ4v) is 3.17. The van der Waals surface area contributed by atoms with E-state index in [0.29, 0.717) is 0 Å². The molecule has 0 aromatic carbocycles. The molecule has 0 radical (unpaired) electrons. The summed E-state index contributed by atoms with van der Waals surface area (Å²) in [6.45, 7) is 11.7. The van der Waals surface area contributed by atoms with Crippen molar-refractivity contribution in [1.29, 1.82) is 0 Å². The van der Waals surface area contributed by atoms with E-state index in [1.165, 1.54) is 12.8 Å². The largest absolute Gasteiger partial charge is 0.356 e. The third kappa shape index (κ3) is 6.78. The molecule has 7 heteroatoms. The highest BCUT2D eigenvalue weighted by molar-refractivity contribution is 5.79. The van der Waals surface area contributed by atoms with E-state index in [2.05, 4.69) is 49.2 Å². The smallest absolute Gasteiger partial charge is 0.225 e. The summed E-state index contributed by atoms with van der Waals surface area (Å²) in [5.74, 6) is 2.49. The quantitative estimate of drug-likeness (QED) is 0.395. The van der Waals surface area contributed by atoms with Crippen LogP contribution in [0.3, 0.4) is 0 Å². The molecule has 2 heterocycles. The Morgan fingerprint density at radius 3 is 2.42 bits per heavy atom. The summed E-state index contributed by atoms with van der Waals surface area (Å²) < 4.78 is 0. The Labute approximate surface area is 158 Å². The van der Waals surface area contributed by atoms with Crippen LogP contribution in [0.15, 0.2) is 23.5 Å². The summed E-state index contributed by atoms with van der Waals surface area (Å²) in [6, 6.07) is 1.86. The molecule has 0 amide bonds. The predicted molar refractivity (Wildman–Crippen MR) is 109 cm³/mol. The lowest BCUT2D eigenvalue weighted by atomic mass is 10.0. The number of piperazine rings is 1. The highest BCUT2D eigenvalue weighted by Crippen LogP contribution is 2.09. The average Bonchev–Trinajstić information content (AvgIpc) is 2.71. The number of nitrogens with one attached hydrogen (secondary N) is 2. The molecule has 0 unspecified atom stereocenters. The zero-order valence-electron chi connectivity index (χ0n) is 16.6. The molecule has 0 aliphatic carbocycles. The van der Waals surface area contributed by atoms with Crippen molar-refractivity contribution in [3.63, 3.8) is 0 Å². The number of hydrogen-bond donors (Lipinski definition) is 2. The molecule has 1 fully saturated rings. The molecule has 146 valence electrons. The lowest BCUT2D eigenvalue weighted by molar-refractivity contribution is 0.254. The Kier molecular flexibility index (Phi) is 9.17. The van der Waals surface area contributed by atoms with Crippen LogP contribution in [0, 0.1) is 5.92 Å². The highest BCUT2D eigenvalue weighted by atomic mass is 15.3. The maximum absolute atomic E-state index is 4.34. The SMILES string of the molecule is CCC(CC)CNC(=NC)NCCCN1CCN(c2ncccn2)CC1. The molecule has 1 saturated heterocycles. The summed E-state index contributed by atoms with van der Waals surface area (Å²) in [5, 5.41) is 6.87. The van der Waals surface area contributed by atoms with Crippen LogP contribution in [-0.2, 0) is 0 Å². The van der Waals surface area contributed by atoms with E-state index in [9.17, 15) is 0 Å². The van der Waals surface area contributed by atoms with Gasteiger partial charge >= 0.3 is 0 Å². The van der Waals surface area contributed by atoms with Gasteiger partial charge in [0.05, 0.1) is 0 Å². The normalized spacial score (nSPS) is 16.2. The molecule has 0 saturated carbocycles. The first-order chi connectivity index (χ1) is 12.8. The van der Waals surface area contributed by atoms with Crippen LogP contribution in [0.4, 0.5) is 5.95 Å². The van der Waals surface area contributed by atoms with Crippen LogP contribution in [0.1, 0.15) is 33.1 Å². The van der Waals surface area contributed by atoms with Crippen molar-refractivity contribution in [2.24, 2.45) is 10.9 Å². The van der Waals surface area contributed by atoms with E-state index in [4.69, 9.17) is 0 Å². The summed E-state index contributed by atoms with van der Waals surface area (Å²) in [4.78, 5) is 17.8. The van der Waals surface area contributed by atoms with Crippen LogP contribution < -0.4 is 15.5 Å². The maximum Gasteiger partial charge on any atom is 0.225 e. The molecule has 2 N–H and O–H groups in total. The Morgan fingerprint density at radius 1 is 1.12 bits per heavy atom. The molecule has 0 atom stereocenters. The van der Waals surface area contributed by atoms with Crippen molar-refractivity contribution in [3.05, 3.63) is 18.5 Å². The monoisotopic (exact) mass is 361 g/mol. The second-order valence-corrected chi connectivity index (χ2v) is 6.79. The first kappa shape index (κ1) is 20.4. The first-order valence-electron chi connectivity index (χ1n) is 9.95. The number of rotatable bonds is 9. The van der Waals surface area contributed by atoms with Crippen molar-refractivity contribution in [3.8, 4) is 0 Å². The Morgan fingerprint density at radius 2 is 1.81 bits per heavy atom. The van der Waals surface area contributed by atoms with Crippen LogP contribution in [0.25, 0.3) is 0 Å². The van der Waals surface area contributed by atoms with Gasteiger partial charge in [0, 0.05) is 58.7 Å². The molecular weight excluding hydrogens is 326 g/mol. The molecule has 0 bridgehead atoms. The van der Waals surface area contributed by atoms with Gasteiger partial charge < -0.3 is 15.5 Å². The van der Waals surface area contributed by atoms with Crippen LogP contribution in [-0.4, -0.2) is 73.7 Å². The minimum absolute atomic E-state index is 0.721. The fraction of sp³-hybridized carbons (Fsp3) is 0.737. The second-order valence-electron chi connectivity index (χ2n) is 6.79. The van der Waals surface area contributed by atoms with E-state index in [0.717, 1.165) is 70.1 Å². The number of aliphatic imine (C=N–C) groups is 1. The molecule has 1 aromatic heterocycles. The number of aromatic nitrogens is 2. The maximum atomic E-state index is 4.34. The van der Waals surface area contributed by atoms with Gasteiger partial charge in [-0.05, 0) is 24.9 Å². The standard InChI is InChI=1S/C19H35N7/c1-4-17(5-2)16-24-18(20-3)21-10-7-11-25-12-14-26(15-13-25)19-22-8-6-9-23-19/h6,8-9,17H,4-5,7,10-16H2,1-3H3,(H2,20,21,24). The molecule has 1 aliphatic rings. The molecule has 1 aliphatic heterocycles. The second kappa shape index (κ2) is 11.7. The van der Waals surface area contributed by atoms with Crippen LogP contribution in [0.2, 0.25) is 0 Å². The van der Waals surface area contributed by atoms with Crippen LogP contribution >= 0.6 is 0 Å². The Bertz CT molecular complexity index is 508. The summed E-state index contributed by atoms with van der Waals surface area (Å²) in [5.41, 5.74) is 0. The van der Waals surface area contributed by atoms with Gasteiger partial charge in [-0.3, -0.25) is 9.89 Å². The van der Waals surface area contributed by atoms with Gasteiger partial charge in [0.2, 0.25) is 5.95 Å². The van der Waals surface area contributed by atoms with E-state index >= 15 is 0 Å². The lowest BCUT2D eigenvalue weighted by Crippen LogP contribution is -2.47. The topological polar surface area (TPSA) is 68.7 Å². The number of nitrogens with zero attached hydrogens (tertiary/aromatic N) is 5. The molecule has 7 nitrogen and oxygen atoms in total. The van der Waals surface area contributed by atoms with Crippen LogP contribution in [0.5, 0.6) is 0 Å². The molecular formula is C19H35N7. The van der Waals surface area contributed by atoms with Gasteiger partial charge in [-0.2, -0.15) is 0 Å². The highest BCUT2D eigenvalue weighted by Gasteiger charge is 2.18. The molecule has 2 rings (SSSR count). The van der Waals surface area contributed by atoms with E-state index in [1.54, 1.807) is 0 Å². The number of guanidine groups is 1. The van der Waals surface area contributed by atoms with Gasteiger partial charge in [0.15, 0.2) is 5.96 Å². The van der Waals surface area contributed by atoms with E-state index in [-0.39, 0.29) is 0 Å². The van der Waals surface area contributed by atoms with Gasteiger partial charge in [0.1, 0.15) is 0 Å². The Hall–Kier alpha value is -1.89. The lowest BCUT2D eigenvalue weighted by Gasteiger charge is -2.34. The summed E-state index contributed by atoms with van der Waals surface area (Å²) in [7, 11) is 1.84. The molecule has 1 aromatic rings. The predicted octanol–water partition coefficient (Wildman–Crippen LogP) is 1.59. The van der Waals surface area contributed by atoms with Gasteiger partial charge in [-0.1, -0.05) is 26.7 Å².